The number of ether oxygens (including phenoxy) is 3. The number of esters is 1. The van der Waals surface area contributed by atoms with Gasteiger partial charge in [-0.2, -0.15) is 0 Å². The van der Waals surface area contributed by atoms with Crippen LogP contribution in [0.3, 0.4) is 0 Å². The monoisotopic (exact) mass is 577 g/mol. The average molecular weight is 578 g/mol. The Labute approximate surface area is 252 Å². The molecule has 0 unspecified atom stereocenters. The summed E-state index contributed by atoms with van der Waals surface area (Å²) in [6, 6.07) is 32.2. The Morgan fingerprint density at radius 2 is 1.35 bits per heavy atom. The average Bonchev–Trinajstić information content (AvgIpc) is 3.43. The minimum Gasteiger partial charge on any atom is -0.497 e. The molecule has 0 radical (unpaired) electrons. The molecule has 0 N–H and O–H groups in total. The predicted octanol–water partition coefficient (Wildman–Crippen LogP) is 6.98. The van der Waals surface area contributed by atoms with Crippen LogP contribution in [0.5, 0.6) is 17.2 Å². The number of carbonyl (C=O) groups is 3. The van der Waals surface area contributed by atoms with Crippen LogP contribution in [0, 0.1) is 5.92 Å². The van der Waals surface area contributed by atoms with Gasteiger partial charge in [-0.15, -0.1) is 0 Å². The Hall–Kier alpha value is -4.91. The third kappa shape index (κ3) is 6.61. The van der Waals surface area contributed by atoms with Crippen molar-refractivity contribution < 1.29 is 28.6 Å². The van der Waals surface area contributed by atoms with Crippen LogP contribution in [0.2, 0.25) is 0 Å². The molecule has 1 fully saturated rings. The van der Waals surface area contributed by atoms with Gasteiger partial charge in [0.2, 0.25) is 11.7 Å². The van der Waals surface area contributed by atoms with E-state index in [1.807, 2.05) is 30.3 Å². The van der Waals surface area contributed by atoms with Gasteiger partial charge in [0.25, 0.3) is 0 Å². The molecule has 1 heterocycles. The zero-order valence-corrected chi connectivity index (χ0v) is 24.8. The largest absolute Gasteiger partial charge is 0.497 e. The smallest absolute Gasteiger partial charge is 0.312 e. The van der Waals surface area contributed by atoms with Crippen LogP contribution in [0.25, 0.3) is 0 Å². The number of hydrogen-bond acceptors (Lipinski definition) is 6. The highest BCUT2D eigenvalue weighted by atomic mass is 16.5. The van der Waals surface area contributed by atoms with Gasteiger partial charge in [-0.25, -0.2) is 0 Å². The lowest BCUT2D eigenvalue weighted by atomic mass is 9.78. The molecule has 220 valence electrons. The maximum atomic E-state index is 12.8. The SMILES string of the molecule is COc1ccc(C(=O)[C@H](C)OC(=O)[C@@H]2CC(=O)N(c3ccc(Oc4ccc(C(C)(C)c5ccccc5)cc4)cc3)C2)cc1. The number of hydrogen-bond donors (Lipinski definition) is 0. The number of amides is 1. The van der Waals surface area contributed by atoms with E-state index in [1.54, 1.807) is 60.5 Å². The van der Waals surface area contributed by atoms with Gasteiger partial charge in [-0.05, 0) is 78.7 Å². The first-order chi connectivity index (χ1) is 20.7. The van der Waals surface area contributed by atoms with E-state index in [9.17, 15) is 14.4 Å². The fourth-order valence-electron chi connectivity index (χ4n) is 5.22. The van der Waals surface area contributed by atoms with E-state index in [0.29, 0.717) is 28.5 Å². The minimum absolute atomic E-state index is 0.0200. The molecule has 1 amide bonds. The van der Waals surface area contributed by atoms with Crippen molar-refractivity contribution in [2.24, 2.45) is 5.92 Å². The summed E-state index contributed by atoms with van der Waals surface area (Å²) in [7, 11) is 1.54. The van der Waals surface area contributed by atoms with Crippen molar-refractivity contribution in [2.45, 2.75) is 38.7 Å². The van der Waals surface area contributed by atoms with E-state index in [-0.39, 0.29) is 30.1 Å². The number of Topliss-reactive ketones (excluding diaryl/α,β-unsaturated/α-hetero) is 1. The zero-order chi connectivity index (χ0) is 30.6. The molecule has 7 nitrogen and oxygen atoms in total. The normalized spacial score (nSPS) is 15.6. The lowest BCUT2D eigenvalue weighted by molar-refractivity contribution is -0.151. The van der Waals surface area contributed by atoms with Crippen molar-refractivity contribution in [3.8, 4) is 17.2 Å². The molecule has 4 aromatic rings. The summed E-state index contributed by atoms with van der Waals surface area (Å²) in [5, 5.41) is 0. The fraction of sp³-hybridized carbons (Fsp3) is 0.250. The first kappa shape index (κ1) is 29.6. The highest BCUT2D eigenvalue weighted by Gasteiger charge is 2.37. The molecule has 1 aliphatic heterocycles. The van der Waals surface area contributed by atoms with Gasteiger partial charge in [0.05, 0.1) is 13.0 Å². The highest BCUT2D eigenvalue weighted by molar-refractivity contribution is 6.02. The number of anilines is 1. The summed E-state index contributed by atoms with van der Waals surface area (Å²) < 4.78 is 16.6. The van der Waals surface area contributed by atoms with Crippen molar-refractivity contribution >= 4 is 23.3 Å². The molecule has 1 aliphatic rings. The second-order valence-electron chi connectivity index (χ2n) is 11.2. The topological polar surface area (TPSA) is 82.1 Å². The molecule has 0 bridgehead atoms. The van der Waals surface area contributed by atoms with Gasteiger partial charge >= 0.3 is 5.97 Å². The standard InChI is InChI=1S/C36H35NO6/c1-24(34(39)25-10-16-30(41-4)17-11-25)42-35(40)26-22-33(38)37(23-26)29-14-20-32(21-15-29)43-31-18-12-28(13-19-31)36(2,3)27-8-6-5-7-9-27/h5-21,24,26H,22-23H2,1-4H3/t24-,26+/m0/s1. The molecule has 43 heavy (non-hydrogen) atoms. The summed E-state index contributed by atoms with van der Waals surface area (Å²) in [5.41, 5.74) is 3.36. The van der Waals surface area contributed by atoms with Gasteiger partial charge in [0.15, 0.2) is 6.10 Å². The summed E-state index contributed by atoms with van der Waals surface area (Å²) >= 11 is 0. The van der Waals surface area contributed by atoms with E-state index < -0.39 is 18.0 Å². The number of benzene rings is 4. The summed E-state index contributed by atoms with van der Waals surface area (Å²) in [6.45, 7) is 6.11. The third-order valence-corrected chi connectivity index (χ3v) is 7.95. The maximum Gasteiger partial charge on any atom is 0.312 e. The molecule has 0 saturated carbocycles. The Morgan fingerprint density at radius 1 is 0.791 bits per heavy atom. The lowest BCUT2D eigenvalue weighted by Crippen LogP contribution is -2.30. The summed E-state index contributed by atoms with van der Waals surface area (Å²) in [4.78, 5) is 39.9. The van der Waals surface area contributed by atoms with E-state index in [0.717, 1.165) is 0 Å². The number of ketones is 1. The van der Waals surface area contributed by atoms with E-state index in [1.165, 1.54) is 18.1 Å². The van der Waals surface area contributed by atoms with Gasteiger partial charge in [-0.3, -0.25) is 14.4 Å². The van der Waals surface area contributed by atoms with Crippen LogP contribution in [0.4, 0.5) is 5.69 Å². The van der Waals surface area contributed by atoms with Crippen LogP contribution in [-0.4, -0.2) is 37.4 Å². The molecule has 1 saturated heterocycles. The maximum absolute atomic E-state index is 12.8. The van der Waals surface area contributed by atoms with Crippen LogP contribution in [0.15, 0.2) is 103 Å². The van der Waals surface area contributed by atoms with E-state index in [4.69, 9.17) is 14.2 Å². The fourth-order valence-corrected chi connectivity index (χ4v) is 5.22. The Kier molecular flexibility index (Phi) is 8.62. The van der Waals surface area contributed by atoms with Crippen LogP contribution in [-0.2, 0) is 19.7 Å². The van der Waals surface area contributed by atoms with Crippen LogP contribution >= 0.6 is 0 Å². The number of rotatable bonds is 10. The van der Waals surface area contributed by atoms with Crippen molar-refractivity contribution in [2.75, 3.05) is 18.6 Å². The van der Waals surface area contributed by atoms with Gasteiger partial charge in [0.1, 0.15) is 17.2 Å². The Morgan fingerprint density at radius 3 is 1.95 bits per heavy atom. The first-order valence-corrected chi connectivity index (χ1v) is 14.3. The van der Waals surface area contributed by atoms with Gasteiger partial charge < -0.3 is 19.1 Å². The molecule has 7 heteroatoms. The number of carbonyl (C=O) groups excluding carboxylic acids is 3. The molecule has 0 aromatic heterocycles. The van der Waals surface area contributed by atoms with Crippen molar-refractivity contribution in [3.05, 3.63) is 120 Å². The number of methoxy groups -OCH3 is 1. The Bertz CT molecular complexity index is 1580. The summed E-state index contributed by atoms with van der Waals surface area (Å²) in [6.07, 6.45) is -0.952. The van der Waals surface area contributed by atoms with Crippen molar-refractivity contribution in [3.63, 3.8) is 0 Å². The van der Waals surface area contributed by atoms with Crippen LogP contribution in [0.1, 0.15) is 48.7 Å². The Balaban J connectivity index is 1.17. The lowest BCUT2D eigenvalue weighted by Gasteiger charge is -2.26. The second-order valence-corrected chi connectivity index (χ2v) is 11.2. The van der Waals surface area contributed by atoms with Crippen molar-refractivity contribution in [1.82, 2.24) is 0 Å². The molecule has 2 atom stereocenters. The molecule has 4 aromatic carbocycles. The summed E-state index contributed by atoms with van der Waals surface area (Å²) in [5.74, 6) is 0.245. The minimum atomic E-state index is -0.972. The van der Waals surface area contributed by atoms with Gasteiger partial charge in [-0.1, -0.05) is 56.3 Å². The first-order valence-electron chi connectivity index (χ1n) is 14.3. The quantitative estimate of drug-likeness (QED) is 0.149. The zero-order valence-electron chi connectivity index (χ0n) is 24.8. The molecule has 5 rings (SSSR count). The predicted molar refractivity (Wildman–Crippen MR) is 165 cm³/mol. The van der Waals surface area contributed by atoms with E-state index >= 15 is 0 Å². The van der Waals surface area contributed by atoms with Gasteiger partial charge in [0, 0.05) is 29.6 Å². The number of nitrogens with zero attached hydrogens (tertiary/aromatic N) is 1. The highest BCUT2D eigenvalue weighted by Crippen LogP contribution is 2.34. The van der Waals surface area contributed by atoms with E-state index in [2.05, 4.69) is 38.1 Å². The molecule has 0 spiro atoms. The molecular weight excluding hydrogens is 542 g/mol. The van der Waals surface area contributed by atoms with Crippen LogP contribution < -0.4 is 14.4 Å². The third-order valence-electron chi connectivity index (χ3n) is 7.95. The second kappa shape index (κ2) is 12.5. The molecule has 0 aliphatic carbocycles. The molecular formula is C36H35NO6. The van der Waals surface area contributed by atoms with Crippen molar-refractivity contribution in [1.29, 1.82) is 0 Å².